The highest BCUT2D eigenvalue weighted by Gasteiger charge is 2.31. The number of nitrogens with one attached hydrogen (secondary N) is 1. The van der Waals surface area contributed by atoms with Crippen LogP contribution in [0.4, 0.5) is 18.9 Å². The van der Waals surface area contributed by atoms with Gasteiger partial charge in [0.15, 0.2) is 6.73 Å². The highest BCUT2D eigenvalue weighted by molar-refractivity contribution is 6.31. The lowest BCUT2D eigenvalue weighted by molar-refractivity contribution is -0.157. The van der Waals surface area contributed by atoms with Crippen LogP contribution in [0.25, 0.3) is 0 Å². The molecule has 1 aromatic carbocycles. The van der Waals surface area contributed by atoms with Gasteiger partial charge in [0.1, 0.15) is 0 Å². The average molecular weight is 418 g/mol. The molecule has 0 bridgehead atoms. The molecule has 152 valence electrons. The summed E-state index contributed by atoms with van der Waals surface area (Å²) in [4.78, 5) is 23.9. The van der Waals surface area contributed by atoms with Gasteiger partial charge >= 0.3 is 12.1 Å². The van der Waals surface area contributed by atoms with Crippen molar-refractivity contribution in [2.45, 2.75) is 40.1 Å². The van der Waals surface area contributed by atoms with Gasteiger partial charge in [-0.3, -0.25) is 9.59 Å². The maximum absolute atomic E-state index is 12.8. The Balaban J connectivity index is 1.97. The average Bonchev–Trinajstić information content (AvgIpc) is 3.00. The number of carbonyl (C=O) groups excluding carboxylic acids is 2. The lowest BCUT2D eigenvalue weighted by Gasteiger charge is -2.16. The van der Waals surface area contributed by atoms with Gasteiger partial charge in [0, 0.05) is 5.02 Å². The van der Waals surface area contributed by atoms with E-state index in [0.29, 0.717) is 5.69 Å². The fourth-order valence-electron chi connectivity index (χ4n) is 2.10. The van der Waals surface area contributed by atoms with Gasteiger partial charge in [-0.1, -0.05) is 11.6 Å². The zero-order valence-corrected chi connectivity index (χ0v) is 16.2. The minimum absolute atomic E-state index is 0.0560. The maximum Gasteiger partial charge on any atom is 0.416 e. The highest BCUT2D eigenvalue weighted by atomic mass is 35.5. The first kappa shape index (κ1) is 21.7. The molecule has 0 spiro atoms. The molecule has 1 N–H and O–H groups in total. The lowest BCUT2D eigenvalue weighted by atomic mass is 9.98. The van der Waals surface area contributed by atoms with E-state index < -0.39 is 29.0 Å². The molecule has 0 unspecified atom stereocenters. The molecule has 0 atom stereocenters. The van der Waals surface area contributed by atoms with Crippen molar-refractivity contribution in [2.24, 2.45) is 5.41 Å². The smallest absolute Gasteiger partial charge is 0.416 e. The van der Waals surface area contributed by atoms with Crippen molar-refractivity contribution < 1.29 is 27.5 Å². The number of benzene rings is 1. The Morgan fingerprint density at radius 3 is 2.54 bits per heavy atom. The summed E-state index contributed by atoms with van der Waals surface area (Å²) in [5, 5.41) is 6.52. The van der Waals surface area contributed by atoms with E-state index in [0.717, 1.165) is 18.2 Å². The van der Waals surface area contributed by atoms with Gasteiger partial charge in [-0.15, -0.1) is 0 Å². The fraction of sp³-hybridized carbons (Fsp3) is 0.389. The van der Waals surface area contributed by atoms with Crippen LogP contribution in [0.3, 0.4) is 0 Å². The predicted octanol–water partition coefficient (Wildman–Crippen LogP) is 4.28. The van der Waals surface area contributed by atoms with E-state index >= 15 is 0 Å². The Morgan fingerprint density at radius 1 is 1.25 bits per heavy atom. The molecule has 0 saturated heterocycles. The summed E-state index contributed by atoms with van der Waals surface area (Å²) >= 11 is 5.89. The van der Waals surface area contributed by atoms with E-state index in [4.69, 9.17) is 16.3 Å². The number of halogens is 4. The quantitative estimate of drug-likeness (QED) is 0.737. The second-order valence-electron chi connectivity index (χ2n) is 7.11. The Morgan fingerprint density at radius 2 is 1.93 bits per heavy atom. The lowest BCUT2D eigenvalue weighted by Crippen LogP contribution is -2.24. The number of ether oxygens (including phenoxy) is 1. The van der Waals surface area contributed by atoms with E-state index in [9.17, 15) is 22.8 Å². The number of aromatic nitrogens is 2. The van der Waals surface area contributed by atoms with Crippen LogP contribution >= 0.6 is 11.6 Å². The van der Waals surface area contributed by atoms with Crippen LogP contribution in [-0.4, -0.2) is 21.7 Å². The van der Waals surface area contributed by atoms with E-state index in [1.165, 1.54) is 17.1 Å². The first-order valence-electron chi connectivity index (χ1n) is 8.21. The summed E-state index contributed by atoms with van der Waals surface area (Å²) in [5.41, 5.74) is -1.18. The minimum atomic E-state index is -4.53. The summed E-state index contributed by atoms with van der Waals surface area (Å²) in [5.74, 6) is -0.972. The zero-order chi connectivity index (χ0) is 21.1. The molecule has 1 aromatic heterocycles. The van der Waals surface area contributed by atoms with Gasteiger partial charge in [0.2, 0.25) is 5.91 Å². The van der Waals surface area contributed by atoms with Crippen LogP contribution < -0.4 is 5.32 Å². The predicted molar refractivity (Wildman–Crippen MR) is 96.6 cm³/mol. The number of anilines is 1. The summed E-state index contributed by atoms with van der Waals surface area (Å²) in [7, 11) is 0. The topological polar surface area (TPSA) is 73.2 Å². The monoisotopic (exact) mass is 417 g/mol. The van der Waals surface area contributed by atoms with Crippen LogP contribution in [0.1, 0.15) is 31.9 Å². The molecule has 10 heteroatoms. The Hall–Kier alpha value is -2.55. The number of nitrogens with zero attached hydrogens (tertiary/aromatic N) is 2. The minimum Gasteiger partial charge on any atom is -0.442 e. The van der Waals surface area contributed by atoms with Crippen molar-refractivity contribution >= 4 is 29.2 Å². The Kier molecular flexibility index (Phi) is 6.38. The first-order chi connectivity index (χ1) is 12.9. The number of amides is 1. The van der Waals surface area contributed by atoms with Crippen LogP contribution in [0.5, 0.6) is 0 Å². The van der Waals surface area contributed by atoms with Crippen molar-refractivity contribution in [1.29, 1.82) is 0 Å². The molecule has 2 rings (SSSR count). The van der Waals surface area contributed by atoms with Crippen molar-refractivity contribution in [3.63, 3.8) is 0 Å². The van der Waals surface area contributed by atoms with E-state index in [1.54, 1.807) is 20.8 Å². The summed E-state index contributed by atoms with van der Waals surface area (Å²) in [6, 6.07) is 2.80. The van der Waals surface area contributed by atoms with Gasteiger partial charge in [0.05, 0.1) is 35.5 Å². The normalized spacial score (nSPS) is 12.0. The van der Waals surface area contributed by atoms with E-state index in [1.807, 2.05) is 0 Å². The van der Waals surface area contributed by atoms with Crippen LogP contribution in [-0.2, 0) is 33.7 Å². The highest BCUT2D eigenvalue weighted by Crippen LogP contribution is 2.32. The Labute approximate surface area is 164 Å². The van der Waals surface area contributed by atoms with Gasteiger partial charge in [-0.25, -0.2) is 4.68 Å². The molecule has 6 nitrogen and oxygen atoms in total. The zero-order valence-electron chi connectivity index (χ0n) is 15.4. The molecule has 0 aliphatic heterocycles. The number of rotatable bonds is 5. The van der Waals surface area contributed by atoms with E-state index in [-0.39, 0.29) is 23.7 Å². The fourth-order valence-corrected chi connectivity index (χ4v) is 2.29. The van der Waals surface area contributed by atoms with Crippen molar-refractivity contribution in [2.75, 3.05) is 5.32 Å². The van der Waals surface area contributed by atoms with Gasteiger partial charge < -0.3 is 10.1 Å². The molecular formula is C18H19ClF3N3O3. The number of carbonyl (C=O) groups is 2. The molecule has 1 amide bonds. The van der Waals surface area contributed by atoms with Crippen LogP contribution in [0.2, 0.25) is 5.02 Å². The molecule has 1 heterocycles. The second-order valence-corrected chi connectivity index (χ2v) is 7.52. The number of hydrogen-bond donors (Lipinski definition) is 1. The van der Waals surface area contributed by atoms with Gasteiger partial charge in [-0.05, 0) is 44.5 Å². The third-order valence-electron chi connectivity index (χ3n) is 3.58. The molecule has 2 aromatic rings. The second kappa shape index (κ2) is 8.22. The van der Waals surface area contributed by atoms with Crippen molar-refractivity contribution in [3.8, 4) is 0 Å². The summed E-state index contributed by atoms with van der Waals surface area (Å²) in [6.45, 7) is 5.00. The molecule has 0 radical (unpaired) electrons. The van der Waals surface area contributed by atoms with Crippen molar-refractivity contribution in [3.05, 3.63) is 46.7 Å². The molecule has 28 heavy (non-hydrogen) atoms. The van der Waals surface area contributed by atoms with Crippen LogP contribution in [0, 0.1) is 5.41 Å². The molecule has 0 aliphatic carbocycles. The van der Waals surface area contributed by atoms with Crippen molar-refractivity contribution in [1.82, 2.24) is 9.78 Å². The SMILES string of the molecule is CC(C)(C)C(=O)OCn1cc(NC(=O)Cc2cc(C(F)(F)F)ccc2Cl)cn1. The maximum atomic E-state index is 12.8. The number of alkyl halides is 3. The van der Waals surface area contributed by atoms with Gasteiger partial charge in [-0.2, -0.15) is 18.3 Å². The summed E-state index contributed by atoms with van der Waals surface area (Å²) in [6.07, 6.45) is -2.10. The molecule has 0 fully saturated rings. The largest absolute Gasteiger partial charge is 0.442 e. The standard InChI is InChI=1S/C18H19ClF3N3O3/c1-17(2,3)16(27)28-10-25-9-13(8-23-25)24-15(26)7-11-6-12(18(20,21)22)4-5-14(11)19/h4-6,8-9H,7,10H2,1-3H3,(H,24,26). The third kappa shape index (κ3) is 5.98. The number of hydrogen-bond acceptors (Lipinski definition) is 4. The number of esters is 1. The van der Waals surface area contributed by atoms with Crippen LogP contribution in [0.15, 0.2) is 30.6 Å². The Bertz CT molecular complexity index is 873. The third-order valence-corrected chi connectivity index (χ3v) is 3.95. The molecule has 0 saturated carbocycles. The van der Waals surface area contributed by atoms with Gasteiger partial charge in [0.25, 0.3) is 0 Å². The first-order valence-corrected chi connectivity index (χ1v) is 8.59. The molecule has 0 aliphatic rings. The summed E-state index contributed by atoms with van der Waals surface area (Å²) < 4.78 is 44.8. The molecular weight excluding hydrogens is 399 g/mol. The van der Waals surface area contributed by atoms with E-state index in [2.05, 4.69) is 10.4 Å².